The SMILES string of the molecule is O=C(/C=C/c1ccccc1)NCCCCCc1nc2ccccc2n1Cc1ccccc1. The van der Waals surface area contributed by atoms with Crippen LogP contribution >= 0.6 is 0 Å². The molecule has 0 saturated carbocycles. The van der Waals surface area contributed by atoms with Gasteiger partial charge in [0.15, 0.2) is 0 Å². The summed E-state index contributed by atoms with van der Waals surface area (Å²) in [6.45, 7) is 1.53. The zero-order chi connectivity index (χ0) is 22.0. The highest BCUT2D eigenvalue weighted by molar-refractivity contribution is 5.91. The molecule has 0 aliphatic heterocycles. The second kappa shape index (κ2) is 11.1. The molecule has 0 bridgehead atoms. The number of benzene rings is 3. The Kier molecular flexibility index (Phi) is 7.48. The molecule has 4 rings (SSSR count). The van der Waals surface area contributed by atoms with E-state index in [9.17, 15) is 4.79 Å². The third-order valence-corrected chi connectivity index (χ3v) is 5.52. The molecule has 4 aromatic rings. The van der Waals surface area contributed by atoms with Crippen molar-refractivity contribution in [1.29, 1.82) is 0 Å². The fourth-order valence-corrected chi connectivity index (χ4v) is 3.85. The van der Waals surface area contributed by atoms with E-state index in [0.717, 1.165) is 49.1 Å². The first-order valence-electron chi connectivity index (χ1n) is 11.3. The van der Waals surface area contributed by atoms with Gasteiger partial charge in [0.25, 0.3) is 0 Å². The Hall–Kier alpha value is -3.66. The minimum Gasteiger partial charge on any atom is -0.353 e. The van der Waals surface area contributed by atoms with Crippen molar-refractivity contribution in [3.63, 3.8) is 0 Å². The van der Waals surface area contributed by atoms with Crippen LogP contribution in [0.3, 0.4) is 0 Å². The van der Waals surface area contributed by atoms with Gasteiger partial charge >= 0.3 is 0 Å². The van der Waals surface area contributed by atoms with Gasteiger partial charge in [0, 0.05) is 25.6 Å². The van der Waals surface area contributed by atoms with E-state index in [1.807, 2.05) is 48.5 Å². The molecule has 162 valence electrons. The number of aromatic nitrogens is 2. The van der Waals surface area contributed by atoms with Crippen LogP contribution in [0.4, 0.5) is 0 Å². The first kappa shape index (κ1) is 21.6. The lowest BCUT2D eigenvalue weighted by Crippen LogP contribution is -2.22. The van der Waals surface area contributed by atoms with Crippen molar-refractivity contribution >= 4 is 23.0 Å². The maximum atomic E-state index is 12.0. The number of unbranched alkanes of at least 4 members (excludes halogenated alkanes) is 2. The largest absolute Gasteiger partial charge is 0.353 e. The number of rotatable bonds is 10. The molecule has 1 heterocycles. The normalized spacial score (nSPS) is 11.2. The molecule has 0 radical (unpaired) electrons. The highest BCUT2D eigenvalue weighted by atomic mass is 16.1. The van der Waals surface area contributed by atoms with Crippen LogP contribution in [-0.4, -0.2) is 22.0 Å². The number of imidazole rings is 1. The van der Waals surface area contributed by atoms with Gasteiger partial charge in [-0.2, -0.15) is 0 Å². The lowest BCUT2D eigenvalue weighted by Gasteiger charge is -2.10. The maximum Gasteiger partial charge on any atom is 0.243 e. The van der Waals surface area contributed by atoms with Gasteiger partial charge in [0.05, 0.1) is 11.0 Å². The second-order valence-corrected chi connectivity index (χ2v) is 7.93. The Morgan fingerprint density at radius 1 is 0.844 bits per heavy atom. The molecular formula is C28H29N3O. The Morgan fingerprint density at radius 2 is 1.56 bits per heavy atom. The van der Waals surface area contributed by atoms with Crippen LogP contribution in [0.2, 0.25) is 0 Å². The molecule has 0 spiro atoms. The summed E-state index contributed by atoms with van der Waals surface area (Å²) in [5.74, 6) is 1.09. The molecule has 0 fully saturated rings. The van der Waals surface area contributed by atoms with Gasteiger partial charge in [-0.15, -0.1) is 0 Å². The summed E-state index contributed by atoms with van der Waals surface area (Å²) in [7, 11) is 0. The van der Waals surface area contributed by atoms with Gasteiger partial charge in [0.1, 0.15) is 5.82 Å². The second-order valence-electron chi connectivity index (χ2n) is 7.93. The Labute approximate surface area is 189 Å². The van der Waals surface area contributed by atoms with Gasteiger partial charge in [-0.25, -0.2) is 4.98 Å². The highest BCUT2D eigenvalue weighted by Gasteiger charge is 2.10. The van der Waals surface area contributed by atoms with Crippen molar-refractivity contribution in [1.82, 2.24) is 14.9 Å². The molecule has 4 heteroatoms. The smallest absolute Gasteiger partial charge is 0.243 e. The number of nitrogens with zero attached hydrogens (tertiary/aromatic N) is 2. The molecule has 1 amide bonds. The number of carbonyl (C=O) groups is 1. The van der Waals surface area contributed by atoms with Crippen molar-refractivity contribution in [2.24, 2.45) is 0 Å². The van der Waals surface area contributed by atoms with Crippen molar-refractivity contribution < 1.29 is 4.79 Å². The molecule has 0 saturated heterocycles. The highest BCUT2D eigenvalue weighted by Crippen LogP contribution is 2.19. The van der Waals surface area contributed by atoms with E-state index in [0.29, 0.717) is 6.54 Å². The minimum absolute atomic E-state index is 0.0430. The number of amides is 1. The molecule has 3 aromatic carbocycles. The van der Waals surface area contributed by atoms with E-state index in [2.05, 4.69) is 52.3 Å². The third kappa shape index (κ3) is 5.94. The van der Waals surface area contributed by atoms with Crippen LogP contribution in [0.25, 0.3) is 17.1 Å². The topological polar surface area (TPSA) is 46.9 Å². The average molecular weight is 424 g/mol. The molecule has 0 atom stereocenters. The fraction of sp³-hybridized carbons (Fsp3) is 0.214. The fourth-order valence-electron chi connectivity index (χ4n) is 3.85. The Bertz CT molecular complexity index is 1160. The van der Waals surface area contributed by atoms with E-state index in [-0.39, 0.29) is 5.91 Å². The van der Waals surface area contributed by atoms with E-state index >= 15 is 0 Å². The van der Waals surface area contributed by atoms with Gasteiger partial charge < -0.3 is 9.88 Å². The number of carbonyl (C=O) groups excluding carboxylic acids is 1. The van der Waals surface area contributed by atoms with E-state index in [1.54, 1.807) is 6.08 Å². The predicted molar refractivity (Wildman–Crippen MR) is 131 cm³/mol. The number of fused-ring (bicyclic) bond motifs is 1. The summed E-state index contributed by atoms with van der Waals surface area (Å²) in [5.41, 5.74) is 4.55. The van der Waals surface area contributed by atoms with E-state index < -0.39 is 0 Å². The van der Waals surface area contributed by atoms with Crippen molar-refractivity contribution in [2.45, 2.75) is 32.2 Å². The number of aryl methyl sites for hydroxylation is 1. The molecule has 32 heavy (non-hydrogen) atoms. The average Bonchev–Trinajstić information content (AvgIpc) is 3.18. The first-order chi connectivity index (χ1) is 15.8. The zero-order valence-electron chi connectivity index (χ0n) is 18.3. The number of nitrogens with one attached hydrogen (secondary N) is 1. The van der Waals surface area contributed by atoms with Gasteiger partial charge in [-0.3, -0.25) is 4.79 Å². The summed E-state index contributed by atoms with van der Waals surface area (Å²) < 4.78 is 2.33. The summed E-state index contributed by atoms with van der Waals surface area (Å²) in [4.78, 5) is 16.9. The Morgan fingerprint density at radius 3 is 2.38 bits per heavy atom. The molecule has 0 unspecified atom stereocenters. The van der Waals surface area contributed by atoms with Crippen molar-refractivity contribution in [3.05, 3.63) is 108 Å². The minimum atomic E-state index is -0.0430. The molecule has 0 aliphatic rings. The lowest BCUT2D eigenvalue weighted by molar-refractivity contribution is -0.116. The van der Waals surface area contributed by atoms with Crippen LogP contribution < -0.4 is 5.32 Å². The molecule has 1 aromatic heterocycles. The molecule has 1 N–H and O–H groups in total. The van der Waals surface area contributed by atoms with Crippen LogP contribution in [0.5, 0.6) is 0 Å². The monoisotopic (exact) mass is 423 g/mol. The molecule has 4 nitrogen and oxygen atoms in total. The number of para-hydroxylation sites is 2. The Balaban J connectivity index is 1.26. The van der Waals surface area contributed by atoms with Crippen LogP contribution in [-0.2, 0) is 17.8 Å². The summed E-state index contributed by atoms with van der Waals surface area (Å²) >= 11 is 0. The van der Waals surface area contributed by atoms with Crippen LogP contribution in [0, 0.1) is 0 Å². The van der Waals surface area contributed by atoms with Gasteiger partial charge in [-0.1, -0.05) is 79.2 Å². The lowest BCUT2D eigenvalue weighted by atomic mass is 10.1. The molecule has 0 aliphatic carbocycles. The van der Waals surface area contributed by atoms with E-state index in [1.165, 1.54) is 11.1 Å². The van der Waals surface area contributed by atoms with Crippen LogP contribution in [0.1, 0.15) is 36.2 Å². The third-order valence-electron chi connectivity index (χ3n) is 5.52. The first-order valence-corrected chi connectivity index (χ1v) is 11.3. The maximum absolute atomic E-state index is 12.0. The van der Waals surface area contributed by atoms with E-state index in [4.69, 9.17) is 4.98 Å². The molecular weight excluding hydrogens is 394 g/mol. The van der Waals surface area contributed by atoms with Crippen LogP contribution in [0.15, 0.2) is 91.0 Å². The standard InChI is InChI=1S/C28H29N3O/c32-28(20-19-23-12-4-1-5-13-23)29-21-11-3-8-18-27-30-25-16-9-10-17-26(25)31(27)22-24-14-6-2-7-15-24/h1-2,4-7,9-10,12-17,19-20H,3,8,11,18,21-22H2,(H,29,32)/b20-19+. The zero-order valence-corrected chi connectivity index (χ0v) is 18.3. The summed E-state index contributed by atoms with van der Waals surface area (Å²) in [5, 5.41) is 2.97. The summed E-state index contributed by atoms with van der Waals surface area (Å²) in [6, 6.07) is 28.7. The number of hydrogen-bond donors (Lipinski definition) is 1. The predicted octanol–water partition coefficient (Wildman–Crippen LogP) is 5.63. The quantitative estimate of drug-likeness (QED) is 0.266. The van der Waals surface area contributed by atoms with Crippen molar-refractivity contribution in [3.8, 4) is 0 Å². The number of hydrogen-bond acceptors (Lipinski definition) is 2. The summed E-state index contributed by atoms with van der Waals surface area (Å²) in [6.07, 6.45) is 7.44. The van der Waals surface area contributed by atoms with Gasteiger partial charge in [-0.05, 0) is 42.2 Å². The van der Waals surface area contributed by atoms with Gasteiger partial charge in [0.2, 0.25) is 5.91 Å². The van der Waals surface area contributed by atoms with Crippen molar-refractivity contribution in [2.75, 3.05) is 6.54 Å².